The van der Waals surface area contributed by atoms with Crippen LogP contribution >= 0.6 is 11.8 Å². The van der Waals surface area contributed by atoms with Crippen LogP contribution in [0.4, 0.5) is 0 Å². The van der Waals surface area contributed by atoms with Crippen molar-refractivity contribution in [3.05, 3.63) is 0 Å². The molecule has 6 nitrogen and oxygen atoms in total. The molecule has 1 rings (SSSR count). The Labute approximate surface area is 93.2 Å². The van der Waals surface area contributed by atoms with Crippen molar-refractivity contribution in [2.24, 2.45) is 5.73 Å². The largest absolute Gasteiger partial charge is 0.468 e. The van der Waals surface area contributed by atoms with Crippen LogP contribution in [0.2, 0.25) is 0 Å². The minimum absolute atomic E-state index is 0.0530. The van der Waals surface area contributed by atoms with Crippen LogP contribution in [0, 0.1) is 0 Å². The molecule has 88 valence electrons. The molecule has 0 bridgehead atoms. The van der Waals surface area contributed by atoms with E-state index in [0.29, 0.717) is 11.6 Å². The SMILES string of the molecule is COC(=O)C1CSCN1S(=O)(=O)CCN. The van der Waals surface area contributed by atoms with E-state index in [1.54, 1.807) is 0 Å². The molecule has 2 N–H and O–H groups in total. The van der Waals surface area contributed by atoms with Crippen molar-refractivity contribution in [3.63, 3.8) is 0 Å². The van der Waals surface area contributed by atoms with Gasteiger partial charge in [-0.15, -0.1) is 11.8 Å². The predicted octanol–water partition coefficient (Wildman–Crippen LogP) is -1.18. The second-order valence-corrected chi connectivity index (χ2v) is 6.07. The Morgan fingerprint density at radius 1 is 1.67 bits per heavy atom. The number of methoxy groups -OCH3 is 1. The van der Waals surface area contributed by atoms with E-state index in [0.717, 1.165) is 4.31 Å². The summed E-state index contributed by atoms with van der Waals surface area (Å²) in [5.41, 5.74) is 5.21. The number of rotatable bonds is 4. The van der Waals surface area contributed by atoms with Gasteiger partial charge in [-0.05, 0) is 0 Å². The van der Waals surface area contributed by atoms with Gasteiger partial charge in [0.05, 0.1) is 18.7 Å². The summed E-state index contributed by atoms with van der Waals surface area (Å²) < 4.78 is 29.1. The summed E-state index contributed by atoms with van der Waals surface area (Å²) in [5, 5.41) is 0. The Hall–Kier alpha value is -0.310. The Morgan fingerprint density at radius 3 is 2.87 bits per heavy atom. The summed E-state index contributed by atoms with van der Waals surface area (Å²) in [6.45, 7) is 0.0530. The summed E-state index contributed by atoms with van der Waals surface area (Å²) >= 11 is 1.39. The highest BCUT2D eigenvalue weighted by Gasteiger charge is 2.39. The zero-order chi connectivity index (χ0) is 11.5. The van der Waals surface area contributed by atoms with Crippen molar-refractivity contribution in [1.29, 1.82) is 0 Å². The maximum absolute atomic E-state index is 11.7. The molecule has 0 aromatic rings. The highest BCUT2D eigenvalue weighted by atomic mass is 32.2. The number of hydrogen-bond donors (Lipinski definition) is 1. The molecule has 0 radical (unpaired) electrons. The molecule has 1 atom stereocenters. The number of hydrogen-bond acceptors (Lipinski definition) is 6. The smallest absolute Gasteiger partial charge is 0.325 e. The van der Waals surface area contributed by atoms with Gasteiger partial charge in [-0.2, -0.15) is 4.31 Å². The van der Waals surface area contributed by atoms with Gasteiger partial charge in [-0.3, -0.25) is 4.79 Å². The maximum Gasteiger partial charge on any atom is 0.325 e. The molecule has 8 heteroatoms. The summed E-state index contributed by atoms with van der Waals surface area (Å²) in [7, 11) is -2.18. The van der Waals surface area contributed by atoms with E-state index < -0.39 is 22.0 Å². The minimum Gasteiger partial charge on any atom is -0.468 e. The van der Waals surface area contributed by atoms with Gasteiger partial charge in [0, 0.05) is 12.3 Å². The van der Waals surface area contributed by atoms with Crippen LogP contribution in [0.3, 0.4) is 0 Å². The van der Waals surface area contributed by atoms with Crippen molar-refractivity contribution in [1.82, 2.24) is 4.31 Å². The predicted molar refractivity (Wildman–Crippen MR) is 57.8 cm³/mol. The van der Waals surface area contributed by atoms with Gasteiger partial charge in [0.15, 0.2) is 0 Å². The average Bonchev–Trinajstić information content (AvgIpc) is 2.65. The summed E-state index contributed by atoms with van der Waals surface area (Å²) in [6, 6.07) is -0.698. The number of sulfonamides is 1. The molecule has 1 aliphatic heterocycles. The summed E-state index contributed by atoms with van der Waals surface area (Å²) in [6.07, 6.45) is 0. The molecular formula is C7H14N2O4S2. The van der Waals surface area contributed by atoms with Crippen LogP contribution in [-0.4, -0.2) is 55.8 Å². The third-order valence-corrected chi connectivity index (χ3v) is 5.07. The first kappa shape index (κ1) is 12.8. The fraction of sp³-hybridized carbons (Fsp3) is 0.857. The fourth-order valence-corrected chi connectivity index (χ4v) is 4.34. The second-order valence-electron chi connectivity index (χ2n) is 3.03. The molecule has 0 aromatic heterocycles. The lowest BCUT2D eigenvalue weighted by molar-refractivity contribution is -0.143. The molecule has 1 unspecified atom stereocenters. The molecule has 0 aliphatic carbocycles. The van der Waals surface area contributed by atoms with Crippen LogP contribution in [0.5, 0.6) is 0 Å². The fourth-order valence-electron chi connectivity index (χ4n) is 1.29. The molecular weight excluding hydrogens is 240 g/mol. The van der Waals surface area contributed by atoms with Gasteiger partial charge in [-0.25, -0.2) is 8.42 Å². The van der Waals surface area contributed by atoms with Crippen LogP contribution in [-0.2, 0) is 19.6 Å². The Balaban J connectivity index is 2.81. The standard InChI is InChI=1S/C7H14N2O4S2/c1-13-7(10)6-4-14-5-9(6)15(11,12)3-2-8/h6H,2-5,8H2,1H3. The van der Waals surface area contributed by atoms with Gasteiger partial charge in [0.25, 0.3) is 0 Å². The highest BCUT2D eigenvalue weighted by molar-refractivity contribution is 8.00. The number of carbonyl (C=O) groups excluding carboxylic acids is 1. The first-order chi connectivity index (χ1) is 7.03. The van der Waals surface area contributed by atoms with Gasteiger partial charge >= 0.3 is 5.97 Å². The summed E-state index contributed by atoms with van der Waals surface area (Å²) in [4.78, 5) is 11.3. The zero-order valence-electron chi connectivity index (χ0n) is 8.38. The Kier molecular flexibility index (Phi) is 4.38. The molecule has 1 aliphatic rings. The lowest BCUT2D eigenvalue weighted by Crippen LogP contribution is -2.44. The number of thioether (sulfide) groups is 1. The van der Waals surface area contributed by atoms with Crippen LogP contribution in [0.1, 0.15) is 0 Å². The Morgan fingerprint density at radius 2 is 2.33 bits per heavy atom. The quantitative estimate of drug-likeness (QED) is 0.635. The first-order valence-corrected chi connectivity index (χ1v) is 7.14. The van der Waals surface area contributed by atoms with Gasteiger partial charge in [0.1, 0.15) is 6.04 Å². The molecule has 0 aromatic carbocycles. The van der Waals surface area contributed by atoms with Crippen molar-refractivity contribution < 1.29 is 17.9 Å². The van der Waals surface area contributed by atoms with Crippen LogP contribution < -0.4 is 5.73 Å². The maximum atomic E-state index is 11.7. The lowest BCUT2D eigenvalue weighted by atomic mass is 10.3. The third kappa shape index (κ3) is 2.83. The van der Waals surface area contributed by atoms with E-state index >= 15 is 0 Å². The van der Waals surface area contributed by atoms with Gasteiger partial charge in [0.2, 0.25) is 10.0 Å². The molecule has 0 saturated carbocycles. The summed E-state index contributed by atoms with van der Waals surface area (Å²) in [5.74, 6) is 0.0835. The van der Waals surface area contributed by atoms with E-state index in [1.165, 1.54) is 18.9 Å². The molecule has 1 fully saturated rings. The normalized spacial score (nSPS) is 22.9. The van der Waals surface area contributed by atoms with Gasteiger partial charge < -0.3 is 10.5 Å². The van der Waals surface area contributed by atoms with E-state index in [2.05, 4.69) is 4.74 Å². The molecule has 0 spiro atoms. The van der Waals surface area contributed by atoms with Crippen LogP contribution in [0.25, 0.3) is 0 Å². The van der Waals surface area contributed by atoms with Crippen molar-refractivity contribution >= 4 is 27.8 Å². The first-order valence-electron chi connectivity index (χ1n) is 4.38. The number of nitrogens with two attached hydrogens (primary N) is 1. The monoisotopic (exact) mass is 254 g/mol. The Bertz CT molecular complexity index is 330. The lowest BCUT2D eigenvalue weighted by Gasteiger charge is -2.20. The van der Waals surface area contributed by atoms with E-state index in [4.69, 9.17) is 5.73 Å². The third-order valence-electron chi connectivity index (χ3n) is 2.05. The number of ether oxygens (including phenoxy) is 1. The number of carbonyl (C=O) groups is 1. The van der Waals surface area contributed by atoms with Crippen molar-refractivity contribution in [2.45, 2.75) is 6.04 Å². The molecule has 0 amide bonds. The molecule has 1 saturated heterocycles. The van der Waals surface area contributed by atoms with E-state index in [9.17, 15) is 13.2 Å². The van der Waals surface area contributed by atoms with Gasteiger partial charge in [-0.1, -0.05) is 0 Å². The molecule has 1 heterocycles. The number of esters is 1. The van der Waals surface area contributed by atoms with Crippen LogP contribution in [0.15, 0.2) is 0 Å². The molecule has 15 heavy (non-hydrogen) atoms. The second kappa shape index (κ2) is 5.15. The van der Waals surface area contributed by atoms with Crippen molar-refractivity contribution in [3.8, 4) is 0 Å². The highest BCUT2D eigenvalue weighted by Crippen LogP contribution is 2.24. The average molecular weight is 254 g/mol. The topological polar surface area (TPSA) is 89.7 Å². The van der Waals surface area contributed by atoms with E-state index in [-0.39, 0.29) is 12.3 Å². The number of nitrogens with zero attached hydrogens (tertiary/aromatic N) is 1. The van der Waals surface area contributed by atoms with E-state index in [1.807, 2.05) is 0 Å². The van der Waals surface area contributed by atoms with Crippen molar-refractivity contribution in [2.75, 3.05) is 31.0 Å². The zero-order valence-corrected chi connectivity index (χ0v) is 10.0. The minimum atomic E-state index is -3.43.